The summed E-state index contributed by atoms with van der Waals surface area (Å²) in [5.74, 6) is 0.458. The molecule has 0 saturated carbocycles. The predicted molar refractivity (Wildman–Crippen MR) is 70.0 cm³/mol. The Kier molecular flexibility index (Phi) is 4.94. The van der Waals surface area contributed by atoms with Gasteiger partial charge >= 0.3 is 7.12 Å². The molecule has 2 N–H and O–H groups in total. The fourth-order valence-electron chi connectivity index (χ4n) is 1.67. The smallest absolute Gasteiger partial charge is 0.489 e. The summed E-state index contributed by atoms with van der Waals surface area (Å²) in [6, 6.07) is 16.4. The van der Waals surface area contributed by atoms with Gasteiger partial charge in [0.25, 0.3) is 0 Å². The summed E-state index contributed by atoms with van der Waals surface area (Å²) in [7, 11) is -1.30. The van der Waals surface area contributed by atoms with Crippen LogP contribution >= 0.6 is 0 Å². The van der Waals surface area contributed by atoms with Crippen LogP contribution in [0, 0.1) is 0 Å². The maximum absolute atomic E-state index is 8.65. The Morgan fingerprint density at radius 1 is 0.842 bits per heavy atom. The Bertz CT molecular complexity index is 501. The maximum atomic E-state index is 8.65. The van der Waals surface area contributed by atoms with Crippen molar-refractivity contribution in [3.05, 3.63) is 60.2 Å². The molecule has 98 valence electrons. The molecule has 0 aromatic heterocycles. The average molecular weight is 260 g/mol. The topological polar surface area (TPSA) is 68.2 Å². The van der Waals surface area contributed by atoms with Crippen molar-refractivity contribution < 1.29 is 24.9 Å². The van der Waals surface area contributed by atoms with Crippen molar-refractivity contribution in [1.82, 2.24) is 0 Å². The Balaban J connectivity index is 2.12. The highest BCUT2D eigenvalue weighted by molar-refractivity contribution is 6.61. The van der Waals surface area contributed by atoms with Crippen molar-refractivity contribution in [3.8, 4) is 5.75 Å². The SMILES string of the molecule is OOB(OO)c1ccccc1OCc1ccccc1. The summed E-state index contributed by atoms with van der Waals surface area (Å²) < 4.78 is 5.63. The van der Waals surface area contributed by atoms with Gasteiger partial charge in [-0.3, -0.25) is 20.1 Å². The van der Waals surface area contributed by atoms with Crippen LogP contribution in [0.5, 0.6) is 5.75 Å². The average Bonchev–Trinajstić information content (AvgIpc) is 2.48. The zero-order valence-corrected chi connectivity index (χ0v) is 10.1. The highest BCUT2D eigenvalue weighted by Crippen LogP contribution is 2.11. The third-order valence-electron chi connectivity index (χ3n) is 2.60. The van der Waals surface area contributed by atoms with Crippen LogP contribution in [0.4, 0.5) is 0 Å². The van der Waals surface area contributed by atoms with Gasteiger partial charge in [0, 0.05) is 5.46 Å². The molecule has 0 saturated heterocycles. The minimum atomic E-state index is -1.30. The minimum Gasteiger partial charge on any atom is -0.489 e. The van der Waals surface area contributed by atoms with Gasteiger partial charge in [0.1, 0.15) is 12.4 Å². The number of benzene rings is 2. The molecule has 0 heterocycles. The predicted octanol–water partition coefficient (Wildman–Crippen LogP) is 1.94. The molecule has 0 aliphatic rings. The van der Waals surface area contributed by atoms with E-state index in [9.17, 15) is 0 Å². The Hall–Kier alpha value is -1.86. The minimum absolute atomic E-state index is 0.363. The number of ether oxygens (including phenoxy) is 1. The lowest BCUT2D eigenvalue weighted by Gasteiger charge is -2.12. The van der Waals surface area contributed by atoms with Gasteiger partial charge in [0.05, 0.1) is 0 Å². The van der Waals surface area contributed by atoms with E-state index in [1.165, 1.54) is 0 Å². The Morgan fingerprint density at radius 3 is 2.16 bits per heavy atom. The molecule has 2 rings (SSSR count). The maximum Gasteiger partial charge on any atom is 0.557 e. The molecule has 0 bridgehead atoms. The second kappa shape index (κ2) is 6.91. The van der Waals surface area contributed by atoms with E-state index in [0.717, 1.165) is 5.56 Å². The summed E-state index contributed by atoms with van der Waals surface area (Å²) in [5.41, 5.74) is 1.40. The first kappa shape index (κ1) is 13.6. The quantitative estimate of drug-likeness (QED) is 0.472. The van der Waals surface area contributed by atoms with Crippen molar-refractivity contribution in [2.24, 2.45) is 0 Å². The van der Waals surface area contributed by atoms with Crippen molar-refractivity contribution >= 4 is 12.6 Å². The second-order valence-electron chi connectivity index (χ2n) is 3.85. The third-order valence-corrected chi connectivity index (χ3v) is 2.60. The molecule has 0 atom stereocenters. The molecular weight excluding hydrogens is 247 g/mol. The van der Waals surface area contributed by atoms with Gasteiger partial charge in [-0.2, -0.15) is 0 Å². The molecule has 5 nitrogen and oxygen atoms in total. The molecule has 0 aliphatic carbocycles. The lowest BCUT2D eigenvalue weighted by Crippen LogP contribution is -2.36. The summed E-state index contributed by atoms with van der Waals surface area (Å²) in [6.07, 6.45) is 0. The lowest BCUT2D eigenvalue weighted by molar-refractivity contribution is -0.221. The van der Waals surface area contributed by atoms with Crippen LogP contribution in [0.25, 0.3) is 0 Å². The fourth-order valence-corrected chi connectivity index (χ4v) is 1.67. The largest absolute Gasteiger partial charge is 0.557 e. The molecule has 2 aromatic rings. The van der Waals surface area contributed by atoms with Crippen molar-refractivity contribution in [3.63, 3.8) is 0 Å². The summed E-state index contributed by atoms with van der Waals surface area (Å²) in [6.45, 7) is 0.363. The van der Waals surface area contributed by atoms with Crippen LogP contribution < -0.4 is 10.2 Å². The molecule has 2 aromatic carbocycles. The summed E-state index contributed by atoms with van der Waals surface area (Å²) >= 11 is 0. The first-order valence-electron chi connectivity index (χ1n) is 5.71. The van der Waals surface area contributed by atoms with Crippen molar-refractivity contribution in [1.29, 1.82) is 0 Å². The Labute approximate surface area is 111 Å². The van der Waals surface area contributed by atoms with E-state index in [1.807, 2.05) is 30.3 Å². The van der Waals surface area contributed by atoms with Crippen LogP contribution in [0.3, 0.4) is 0 Å². The van der Waals surface area contributed by atoms with Gasteiger partial charge < -0.3 is 4.74 Å². The van der Waals surface area contributed by atoms with E-state index in [1.54, 1.807) is 24.3 Å². The highest BCUT2D eigenvalue weighted by atomic mass is 17.2. The molecule has 0 amide bonds. The van der Waals surface area contributed by atoms with Crippen LogP contribution in [0.2, 0.25) is 0 Å². The monoisotopic (exact) mass is 260 g/mol. The molecule has 19 heavy (non-hydrogen) atoms. The van der Waals surface area contributed by atoms with Crippen molar-refractivity contribution in [2.75, 3.05) is 0 Å². The number of rotatable bonds is 6. The van der Waals surface area contributed by atoms with E-state index in [0.29, 0.717) is 17.8 Å². The van der Waals surface area contributed by atoms with Crippen LogP contribution in [-0.4, -0.2) is 17.6 Å². The first-order valence-corrected chi connectivity index (χ1v) is 5.71. The zero-order valence-electron chi connectivity index (χ0n) is 10.1. The zero-order chi connectivity index (χ0) is 13.5. The van der Waals surface area contributed by atoms with Crippen LogP contribution in [-0.2, 0) is 16.2 Å². The highest BCUT2D eigenvalue weighted by Gasteiger charge is 2.26. The number of hydrogen-bond acceptors (Lipinski definition) is 5. The van der Waals surface area contributed by atoms with Gasteiger partial charge in [-0.15, -0.1) is 0 Å². The molecule has 0 unspecified atom stereocenters. The fraction of sp³-hybridized carbons (Fsp3) is 0.0769. The summed E-state index contributed by atoms with van der Waals surface area (Å²) in [5, 5.41) is 17.3. The van der Waals surface area contributed by atoms with Gasteiger partial charge in [-0.05, 0) is 11.6 Å². The lowest BCUT2D eigenvalue weighted by atomic mass is 9.79. The Morgan fingerprint density at radius 2 is 1.47 bits per heavy atom. The van der Waals surface area contributed by atoms with Gasteiger partial charge in [-0.1, -0.05) is 48.5 Å². The number of para-hydroxylation sites is 1. The standard InChI is InChI=1S/C13H13BO5/c15-18-14(19-16)12-8-4-5-9-13(12)17-10-11-6-2-1-3-7-11/h1-9,15-16H,10H2. The van der Waals surface area contributed by atoms with E-state index >= 15 is 0 Å². The second-order valence-corrected chi connectivity index (χ2v) is 3.85. The molecule has 6 heteroatoms. The molecular formula is C13H13BO5. The molecule has 0 spiro atoms. The van der Waals surface area contributed by atoms with E-state index in [2.05, 4.69) is 9.61 Å². The van der Waals surface area contributed by atoms with Crippen LogP contribution in [0.15, 0.2) is 54.6 Å². The molecule has 0 aliphatic heterocycles. The van der Waals surface area contributed by atoms with E-state index < -0.39 is 7.12 Å². The van der Waals surface area contributed by atoms with Gasteiger partial charge in [0.2, 0.25) is 0 Å². The molecule has 0 radical (unpaired) electrons. The van der Waals surface area contributed by atoms with Crippen molar-refractivity contribution in [2.45, 2.75) is 6.61 Å². The normalized spacial score (nSPS) is 10.2. The molecule has 0 fully saturated rings. The van der Waals surface area contributed by atoms with Gasteiger partial charge in [0.15, 0.2) is 0 Å². The third kappa shape index (κ3) is 3.55. The van der Waals surface area contributed by atoms with E-state index in [-0.39, 0.29) is 0 Å². The number of hydrogen-bond donors (Lipinski definition) is 2. The van der Waals surface area contributed by atoms with E-state index in [4.69, 9.17) is 15.3 Å². The first-order chi connectivity index (χ1) is 9.35. The summed E-state index contributed by atoms with van der Waals surface area (Å²) in [4.78, 5) is 8.05. The van der Waals surface area contributed by atoms with Crippen LogP contribution in [0.1, 0.15) is 5.56 Å². The van der Waals surface area contributed by atoms with Gasteiger partial charge in [-0.25, -0.2) is 0 Å².